The number of rotatable bonds is 3. The molecule has 5 heteroatoms. The minimum atomic E-state index is 0.516. The molecule has 1 fully saturated rings. The second-order valence-corrected chi connectivity index (χ2v) is 6.54. The van der Waals surface area contributed by atoms with E-state index >= 15 is 0 Å². The third kappa shape index (κ3) is 2.81. The van der Waals surface area contributed by atoms with Crippen LogP contribution in [0.25, 0.3) is 0 Å². The predicted molar refractivity (Wildman–Crippen MR) is 84.4 cm³/mol. The van der Waals surface area contributed by atoms with E-state index in [9.17, 15) is 0 Å². The number of thioether (sulfide) groups is 1. The van der Waals surface area contributed by atoms with Crippen molar-refractivity contribution in [2.24, 2.45) is 0 Å². The molecule has 0 radical (unpaired) electrons. The molecule has 1 aromatic rings. The van der Waals surface area contributed by atoms with Crippen LogP contribution in [0.2, 0.25) is 0 Å². The molecule has 2 heterocycles. The molecular formula is C14H24N4S. The lowest BCUT2D eigenvalue weighted by molar-refractivity contribution is 0.616. The van der Waals surface area contributed by atoms with Crippen molar-refractivity contribution in [1.82, 2.24) is 9.97 Å². The van der Waals surface area contributed by atoms with Crippen molar-refractivity contribution in [3.8, 4) is 0 Å². The quantitative estimate of drug-likeness (QED) is 0.922. The van der Waals surface area contributed by atoms with E-state index in [2.05, 4.69) is 42.9 Å². The van der Waals surface area contributed by atoms with Crippen molar-refractivity contribution in [1.29, 1.82) is 0 Å². The molecule has 1 saturated heterocycles. The molecule has 1 aromatic heterocycles. The smallest absolute Gasteiger partial charge is 0.137 e. The Morgan fingerprint density at radius 1 is 1.37 bits per heavy atom. The molecule has 4 nitrogen and oxygen atoms in total. The van der Waals surface area contributed by atoms with Gasteiger partial charge in [0.25, 0.3) is 0 Å². The maximum absolute atomic E-state index is 4.77. The Morgan fingerprint density at radius 2 is 2.11 bits per heavy atom. The topological polar surface area (TPSA) is 41.1 Å². The molecule has 0 aliphatic carbocycles. The number of hydrogen-bond acceptors (Lipinski definition) is 5. The third-order valence-corrected chi connectivity index (χ3v) is 5.21. The lowest BCUT2D eigenvalue weighted by atomic mass is 10.1. The van der Waals surface area contributed by atoms with E-state index in [0.29, 0.717) is 11.3 Å². The second kappa shape index (κ2) is 5.99. The first-order valence-corrected chi connectivity index (χ1v) is 8.06. The SMILES string of the molecule is CCc1nc(NC)c(C)c(N2CCSC(C)C2C)n1. The van der Waals surface area contributed by atoms with Crippen LogP contribution < -0.4 is 10.2 Å². The van der Waals surface area contributed by atoms with Gasteiger partial charge in [0.15, 0.2) is 0 Å². The lowest BCUT2D eigenvalue weighted by Gasteiger charge is -2.39. The molecular weight excluding hydrogens is 256 g/mol. The van der Waals surface area contributed by atoms with Gasteiger partial charge in [0, 0.05) is 42.6 Å². The largest absolute Gasteiger partial charge is 0.373 e. The third-order valence-electron chi connectivity index (χ3n) is 3.88. The van der Waals surface area contributed by atoms with Gasteiger partial charge in [-0.25, -0.2) is 9.97 Å². The van der Waals surface area contributed by atoms with Crippen molar-refractivity contribution in [2.45, 2.75) is 45.4 Å². The zero-order valence-electron chi connectivity index (χ0n) is 12.5. The summed E-state index contributed by atoms with van der Waals surface area (Å²) in [6.45, 7) is 9.88. The van der Waals surface area contributed by atoms with Crippen LogP contribution in [-0.2, 0) is 6.42 Å². The van der Waals surface area contributed by atoms with Gasteiger partial charge in [0.05, 0.1) is 0 Å². The van der Waals surface area contributed by atoms with Crippen LogP contribution in [0.15, 0.2) is 0 Å². The highest BCUT2D eigenvalue weighted by molar-refractivity contribution is 8.00. The summed E-state index contributed by atoms with van der Waals surface area (Å²) < 4.78 is 0. The molecule has 1 N–H and O–H groups in total. The van der Waals surface area contributed by atoms with Crippen molar-refractivity contribution < 1.29 is 0 Å². The standard InChI is InChI=1S/C14H24N4S/c1-6-12-16-13(15-5)9(2)14(17-12)18-7-8-19-11(4)10(18)3/h10-11H,6-8H2,1-5H3,(H,15,16,17). The molecule has 2 rings (SSSR count). The average Bonchev–Trinajstić information content (AvgIpc) is 2.42. The summed E-state index contributed by atoms with van der Waals surface area (Å²) in [4.78, 5) is 11.8. The van der Waals surface area contributed by atoms with E-state index in [1.54, 1.807) is 0 Å². The van der Waals surface area contributed by atoms with Crippen molar-refractivity contribution in [3.63, 3.8) is 0 Å². The Balaban J connectivity index is 2.42. The predicted octanol–water partition coefficient (Wildman–Crippen LogP) is 2.72. The lowest BCUT2D eigenvalue weighted by Crippen LogP contribution is -2.45. The summed E-state index contributed by atoms with van der Waals surface area (Å²) in [6, 6.07) is 0.516. The molecule has 0 bridgehead atoms. The minimum Gasteiger partial charge on any atom is -0.373 e. The van der Waals surface area contributed by atoms with Crippen molar-refractivity contribution in [2.75, 3.05) is 29.6 Å². The van der Waals surface area contributed by atoms with Gasteiger partial charge in [0.1, 0.15) is 17.5 Å². The molecule has 2 unspecified atom stereocenters. The molecule has 2 atom stereocenters. The summed E-state index contributed by atoms with van der Waals surface area (Å²) >= 11 is 2.05. The fraction of sp³-hybridized carbons (Fsp3) is 0.714. The first-order chi connectivity index (χ1) is 9.08. The van der Waals surface area contributed by atoms with E-state index in [1.165, 1.54) is 5.75 Å². The molecule has 19 heavy (non-hydrogen) atoms. The fourth-order valence-electron chi connectivity index (χ4n) is 2.46. The summed E-state index contributed by atoms with van der Waals surface area (Å²) in [7, 11) is 1.93. The molecule has 1 aliphatic rings. The highest BCUT2D eigenvalue weighted by Gasteiger charge is 2.28. The molecule has 0 amide bonds. The Bertz CT molecular complexity index is 449. The highest BCUT2D eigenvalue weighted by atomic mass is 32.2. The summed E-state index contributed by atoms with van der Waals surface area (Å²) in [6.07, 6.45) is 0.870. The van der Waals surface area contributed by atoms with Crippen LogP contribution in [0.3, 0.4) is 0 Å². The van der Waals surface area contributed by atoms with Gasteiger partial charge >= 0.3 is 0 Å². The van der Waals surface area contributed by atoms with Crippen molar-refractivity contribution >= 4 is 23.4 Å². The van der Waals surface area contributed by atoms with Gasteiger partial charge in [0.2, 0.25) is 0 Å². The van der Waals surface area contributed by atoms with Crippen molar-refractivity contribution in [3.05, 3.63) is 11.4 Å². The first-order valence-electron chi connectivity index (χ1n) is 7.02. The van der Waals surface area contributed by atoms with Gasteiger partial charge < -0.3 is 10.2 Å². The van der Waals surface area contributed by atoms with Crippen LogP contribution in [0.4, 0.5) is 11.6 Å². The maximum Gasteiger partial charge on any atom is 0.137 e. The first kappa shape index (κ1) is 14.4. The summed E-state index contributed by atoms with van der Waals surface area (Å²) in [5.74, 6) is 4.16. The Hall–Kier alpha value is -0.970. The number of aromatic nitrogens is 2. The number of nitrogens with zero attached hydrogens (tertiary/aromatic N) is 3. The number of aryl methyl sites for hydroxylation is 1. The highest BCUT2D eigenvalue weighted by Crippen LogP contribution is 2.31. The Labute approximate surface area is 120 Å². The van der Waals surface area contributed by atoms with Crippen LogP contribution in [-0.4, -0.2) is 40.6 Å². The molecule has 0 aromatic carbocycles. The Morgan fingerprint density at radius 3 is 2.74 bits per heavy atom. The van der Waals surface area contributed by atoms with E-state index < -0.39 is 0 Å². The van der Waals surface area contributed by atoms with Gasteiger partial charge in [-0.2, -0.15) is 11.8 Å². The van der Waals surface area contributed by atoms with Gasteiger partial charge in [-0.05, 0) is 13.8 Å². The van der Waals surface area contributed by atoms with Gasteiger partial charge in [-0.1, -0.05) is 13.8 Å². The molecule has 0 saturated carbocycles. The van der Waals surface area contributed by atoms with E-state index in [0.717, 1.165) is 36.0 Å². The number of anilines is 2. The summed E-state index contributed by atoms with van der Waals surface area (Å²) in [5, 5.41) is 3.84. The van der Waals surface area contributed by atoms with Crippen LogP contribution in [0.1, 0.15) is 32.2 Å². The monoisotopic (exact) mass is 280 g/mol. The molecule has 1 aliphatic heterocycles. The second-order valence-electron chi connectivity index (χ2n) is 5.05. The van der Waals surface area contributed by atoms with E-state index in [1.807, 2.05) is 18.8 Å². The van der Waals surface area contributed by atoms with E-state index in [4.69, 9.17) is 4.98 Å². The zero-order chi connectivity index (χ0) is 14.0. The normalized spacial score (nSPS) is 23.5. The Kier molecular flexibility index (Phi) is 4.55. The van der Waals surface area contributed by atoms with Crippen LogP contribution in [0, 0.1) is 6.92 Å². The maximum atomic E-state index is 4.77. The van der Waals surface area contributed by atoms with Crippen LogP contribution >= 0.6 is 11.8 Å². The van der Waals surface area contributed by atoms with E-state index in [-0.39, 0.29) is 0 Å². The van der Waals surface area contributed by atoms with Gasteiger partial charge in [-0.3, -0.25) is 0 Å². The van der Waals surface area contributed by atoms with Gasteiger partial charge in [-0.15, -0.1) is 0 Å². The van der Waals surface area contributed by atoms with Crippen LogP contribution in [0.5, 0.6) is 0 Å². The fourth-order valence-corrected chi connectivity index (χ4v) is 3.56. The molecule has 106 valence electrons. The number of hydrogen-bond donors (Lipinski definition) is 1. The average molecular weight is 280 g/mol. The summed E-state index contributed by atoms with van der Waals surface area (Å²) in [5.41, 5.74) is 1.16. The minimum absolute atomic E-state index is 0.516. The number of nitrogens with one attached hydrogen (secondary N) is 1. The molecule has 0 spiro atoms. The zero-order valence-corrected chi connectivity index (χ0v) is 13.3.